The minimum atomic E-state index is 0.0440. The van der Waals surface area contributed by atoms with Gasteiger partial charge < -0.3 is 5.32 Å². The van der Waals surface area contributed by atoms with E-state index in [-0.39, 0.29) is 11.5 Å². The summed E-state index contributed by atoms with van der Waals surface area (Å²) in [6, 6.07) is 3.72. The van der Waals surface area contributed by atoms with Gasteiger partial charge in [-0.3, -0.25) is 10.3 Å². The van der Waals surface area contributed by atoms with Gasteiger partial charge in [-0.15, -0.1) is 0 Å². The van der Waals surface area contributed by atoms with Crippen LogP contribution >= 0.6 is 0 Å². The first kappa shape index (κ1) is 14.0. The van der Waals surface area contributed by atoms with Gasteiger partial charge in [-0.05, 0) is 24.5 Å². The molecule has 1 atom stereocenters. The fourth-order valence-corrected chi connectivity index (χ4v) is 1.11. The summed E-state index contributed by atoms with van der Waals surface area (Å²) < 4.78 is 0. The second kappa shape index (κ2) is 6.01. The minimum absolute atomic E-state index is 0.0440. The summed E-state index contributed by atoms with van der Waals surface area (Å²) in [4.78, 5) is 8.42. The number of aliphatic imine (C=N–C) groups is 1. The molecule has 1 heterocycles. The van der Waals surface area contributed by atoms with Crippen LogP contribution in [0.15, 0.2) is 29.5 Å². The highest BCUT2D eigenvalue weighted by Crippen LogP contribution is 2.21. The van der Waals surface area contributed by atoms with E-state index in [0.717, 1.165) is 5.69 Å². The molecule has 0 unspecified atom stereocenters. The van der Waals surface area contributed by atoms with E-state index < -0.39 is 0 Å². The molecule has 0 saturated carbocycles. The monoisotopic (exact) mass is 245 g/mol. The number of nitriles is 1. The molecular formula is C13H19N5. The van der Waals surface area contributed by atoms with E-state index in [1.807, 2.05) is 25.2 Å². The van der Waals surface area contributed by atoms with Crippen molar-refractivity contribution in [2.24, 2.45) is 10.4 Å². The predicted molar refractivity (Wildman–Crippen MR) is 73.0 cm³/mol. The minimum Gasteiger partial charge on any atom is -0.325 e. The molecule has 5 heteroatoms. The molecule has 0 spiro atoms. The van der Waals surface area contributed by atoms with Gasteiger partial charge >= 0.3 is 0 Å². The summed E-state index contributed by atoms with van der Waals surface area (Å²) in [6.45, 7) is 8.35. The quantitative estimate of drug-likeness (QED) is 0.363. The Bertz CT molecular complexity index is 439. The number of pyridine rings is 1. The lowest BCUT2D eigenvalue weighted by Crippen LogP contribution is -2.31. The standard InChI is InChI=1S/C13H19N5/c1-10(13(2,3)4)17-12(16-9-14)18-11-5-7-15-8-6-11/h5-8,10H,1-4H3,(H2,15,16,17,18)/t10-/m1/s1. The number of aromatic nitrogens is 1. The molecular weight excluding hydrogens is 226 g/mol. The Kier molecular flexibility index (Phi) is 4.67. The highest BCUT2D eigenvalue weighted by Gasteiger charge is 2.19. The number of hydrogen-bond acceptors (Lipinski definition) is 3. The van der Waals surface area contributed by atoms with E-state index in [1.54, 1.807) is 12.4 Å². The molecule has 0 aromatic carbocycles. The summed E-state index contributed by atoms with van der Waals surface area (Å²) in [5.41, 5.74) is 0.884. The fourth-order valence-electron chi connectivity index (χ4n) is 1.11. The lowest BCUT2D eigenvalue weighted by atomic mass is 9.88. The molecule has 2 N–H and O–H groups in total. The van der Waals surface area contributed by atoms with Gasteiger partial charge in [-0.1, -0.05) is 20.8 Å². The van der Waals surface area contributed by atoms with E-state index >= 15 is 0 Å². The van der Waals surface area contributed by atoms with Gasteiger partial charge in [0.15, 0.2) is 6.19 Å². The molecule has 0 aliphatic heterocycles. The largest absolute Gasteiger partial charge is 0.325 e. The van der Waals surface area contributed by atoms with Crippen molar-refractivity contribution in [2.45, 2.75) is 33.7 Å². The first-order chi connectivity index (χ1) is 8.43. The Labute approximate surface area is 108 Å². The molecule has 1 aromatic heterocycles. The predicted octanol–water partition coefficient (Wildman–Crippen LogP) is 2.35. The van der Waals surface area contributed by atoms with Crippen LogP contribution in [-0.4, -0.2) is 17.0 Å². The average molecular weight is 245 g/mol. The maximum absolute atomic E-state index is 8.74. The normalized spacial score (nSPS) is 13.6. The Morgan fingerprint density at radius 2 is 2.00 bits per heavy atom. The van der Waals surface area contributed by atoms with Crippen LogP contribution in [0.4, 0.5) is 5.69 Å². The van der Waals surface area contributed by atoms with Crippen molar-refractivity contribution in [1.82, 2.24) is 10.3 Å². The number of nitrogens with zero attached hydrogens (tertiary/aromatic N) is 3. The summed E-state index contributed by atoms with van der Waals surface area (Å²) >= 11 is 0. The average Bonchev–Trinajstić information content (AvgIpc) is 2.29. The van der Waals surface area contributed by atoms with Crippen LogP contribution in [0.25, 0.3) is 0 Å². The van der Waals surface area contributed by atoms with Gasteiger partial charge in [0.05, 0.1) is 6.04 Å². The zero-order chi connectivity index (χ0) is 13.6. The molecule has 0 bridgehead atoms. The van der Waals surface area contributed by atoms with Crippen LogP contribution in [0.2, 0.25) is 0 Å². The van der Waals surface area contributed by atoms with Crippen molar-refractivity contribution in [3.8, 4) is 6.19 Å². The van der Waals surface area contributed by atoms with Gasteiger partial charge in [0.2, 0.25) is 5.96 Å². The van der Waals surface area contributed by atoms with E-state index in [4.69, 9.17) is 5.26 Å². The molecule has 18 heavy (non-hydrogen) atoms. The molecule has 0 aliphatic rings. The molecule has 0 fully saturated rings. The summed E-state index contributed by atoms with van der Waals surface area (Å²) in [7, 11) is 0. The zero-order valence-corrected chi connectivity index (χ0v) is 11.2. The van der Waals surface area contributed by atoms with Crippen LogP contribution < -0.4 is 10.6 Å². The maximum atomic E-state index is 8.74. The van der Waals surface area contributed by atoms with Gasteiger partial charge in [0.25, 0.3) is 0 Å². The smallest absolute Gasteiger partial charge is 0.209 e. The molecule has 0 amide bonds. The number of rotatable bonds is 2. The van der Waals surface area contributed by atoms with E-state index in [1.165, 1.54) is 0 Å². The van der Waals surface area contributed by atoms with E-state index in [0.29, 0.717) is 5.96 Å². The van der Waals surface area contributed by atoms with Crippen LogP contribution in [0.3, 0.4) is 0 Å². The summed E-state index contributed by atoms with van der Waals surface area (Å²) in [5.74, 6) is 0.450. The van der Waals surface area contributed by atoms with Crippen LogP contribution in [0.1, 0.15) is 27.7 Å². The highest BCUT2D eigenvalue weighted by atomic mass is 15.2. The highest BCUT2D eigenvalue weighted by molar-refractivity contribution is 5.94. The van der Waals surface area contributed by atoms with Gasteiger partial charge in [-0.25, -0.2) is 4.99 Å². The van der Waals surface area contributed by atoms with Crippen molar-refractivity contribution >= 4 is 11.6 Å². The first-order valence-corrected chi connectivity index (χ1v) is 5.83. The SMILES string of the molecule is C[C@@H](N=C(NC#N)Nc1ccncc1)C(C)(C)C. The molecule has 1 aromatic rings. The van der Waals surface area contributed by atoms with Gasteiger partial charge in [-0.2, -0.15) is 5.26 Å². The van der Waals surface area contributed by atoms with Crippen molar-refractivity contribution in [3.05, 3.63) is 24.5 Å². The van der Waals surface area contributed by atoms with Gasteiger partial charge in [0.1, 0.15) is 0 Å². The maximum Gasteiger partial charge on any atom is 0.209 e. The van der Waals surface area contributed by atoms with Crippen LogP contribution in [0, 0.1) is 16.9 Å². The second-order valence-corrected chi connectivity index (χ2v) is 5.12. The van der Waals surface area contributed by atoms with Crippen molar-refractivity contribution in [1.29, 1.82) is 5.26 Å². The van der Waals surface area contributed by atoms with Crippen LogP contribution in [0.5, 0.6) is 0 Å². The number of anilines is 1. The molecule has 0 aliphatic carbocycles. The molecule has 1 rings (SSSR count). The first-order valence-electron chi connectivity index (χ1n) is 5.83. The van der Waals surface area contributed by atoms with Crippen molar-refractivity contribution < 1.29 is 0 Å². The third-order valence-corrected chi connectivity index (χ3v) is 2.69. The molecule has 0 radical (unpaired) electrons. The Morgan fingerprint density at radius 1 is 1.39 bits per heavy atom. The van der Waals surface area contributed by atoms with Gasteiger partial charge in [0, 0.05) is 18.1 Å². The summed E-state index contributed by atoms with van der Waals surface area (Å²) in [6.07, 6.45) is 5.25. The lowest BCUT2D eigenvalue weighted by Gasteiger charge is -2.24. The Morgan fingerprint density at radius 3 is 2.50 bits per heavy atom. The number of hydrogen-bond donors (Lipinski definition) is 2. The fraction of sp³-hybridized carbons (Fsp3) is 0.462. The Hall–Kier alpha value is -2.09. The van der Waals surface area contributed by atoms with E-state index in [2.05, 4.69) is 41.4 Å². The van der Waals surface area contributed by atoms with Crippen LogP contribution in [-0.2, 0) is 0 Å². The lowest BCUT2D eigenvalue weighted by molar-refractivity contribution is 0.341. The van der Waals surface area contributed by atoms with Crippen molar-refractivity contribution in [2.75, 3.05) is 5.32 Å². The third kappa shape index (κ3) is 4.42. The Balaban J connectivity index is 2.84. The number of nitrogens with one attached hydrogen (secondary N) is 2. The zero-order valence-electron chi connectivity index (χ0n) is 11.2. The summed E-state index contributed by atoms with van der Waals surface area (Å²) in [5, 5.41) is 14.4. The topological polar surface area (TPSA) is 73.1 Å². The second-order valence-electron chi connectivity index (χ2n) is 5.12. The molecule has 96 valence electrons. The molecule has 5 nitrogen and oxygen atoms in total. The van der Waals surface area contributed by atoms with E-state index in [9.17, 15) is 0 Å². The third-order valence-electron chi connectivity index (χ3n) is 2.69. The molecule has 0 saturated heterocycles. The van der Waals surface area contributed by atoms with Crippen molar-refractivity contribution in [3.63, 3.8) is 0 Å². The number of guanidine groups is 1.